The standard InChI is InChI=1S/C16H23N3O5/c20-14(11-23-10-13-2-1-9-24-13)18-6-3-16(4-7-18,15(21)22)19-8-5-17-12-19/h5,8,12-13H,1-4,6-7,9-11H2,(H,21,22). The summed E-state index contributed by atoms with van der Waals surface area (Å²) in [5.41, 5.74) is -1.02. The lowest BCUT2D eigenvalue weighted by molar-refractivity contribution is -0.153. The Labute approximate surface area is 140 Å². The number of hydrogen-bond acceptors (Lipinski definition) is 5. The molecular weight excluding hydrogens is 314 g/mol. The SMILES string of the molecule is O=C(COCC1CCCO1)N1CCC(C(=O)O)(n2ccnc2)CC1. The Bertz CT molecular complexity index is 560. The molecule has 1 unspecified atom stereocenters. The van der Waals surface area contributed by atoms with Crippen LogP contribution in [-0.4, -0.2) is 70.4 Å². The van der Waals surface area contributed by atoms with Crippen LogP contribution in [0, 0.1) is 0 Å². The average Bonchev–Trinajstić information content (AvgIpc) is 3.28. The zero-order valence-electron chi connectivity index (χ0n) is 13.6. The molecule has 2 aliphatic heterocycles. The predicted molar refractivity (Wildman–Crippen MR) is 83.4 cm³/mol. The number of nitrogens with zero attached hydrogens (tertiary/aromatic N) is 3. The molecule has 3 rings (SSSR count). The molecule has 24 heavy (non-hydrogen) atoms. The molecule has 1 N–H and O–H groups in total. The second-order valence-electron chi connectivity index (χ2n) is 6.34. The maximum absolute atomic E-state index is 12.2. The van der Waals surface area contributed by atoms with Gasteiger partial charge in [0, 0.05) is 32.1 Å². The number of aliphatic carboxylic acids is 1. The van der Waals surface area contributed by atoms with Gasteiger partial charge in [-0.1, -0.05) is 0 Å². The largest absolute Gasteiger partial charge is 0.479 e. The molecule has 1 aromatic heterocycles. The number of carboxylic acids is 1. The lowest BCUT2D eigenvalue weighted by Gasteiger charge is -2.39. The Morgan fingerprint density at radius 1 is 1.38 bits per heavy atom. The van der Waals surface area contributed by atoms with Crippen LogP contribution in [0.2, 0.25) is 0 Å². The normalized spacial score (nSPS) is 23.3. The molecule has 1 aromatic rings. The summed E-state index contributed by atoms with van der Waals surface area (Å²) in [7, 11) is 0. The number of amides is 1. The number of carbonyl (C=O) groups excluding carboxylic acids is 1. The number of aromatic nitrogens is 2. The third-order valence-corrected chi connectivity index (χ3v) is 4.89. The highest BCUT2D eigenvalue weighted by molar-refractivity contribution is 5.80. The van der Waals surface area contributed by atoms with Crippen LogP contribution in [0.4, 0.5) is 0 Å². The number of hydrogen-bond donors (Lipinski definition) is 1. The van der Waals surface area contributed by atoms with Gasteiger partial charge in [0.15, 0.2) is 0 Å². The highest BCUT2D eigenvalue weighted by atomic mass is 16.5. The molecule has 8 nitrogen and oxygen atoms in total. The van der Waals surface area contributed by atoms with Crippen LogP contribution in [0.1, 0.15) is 25.7 Å². The van der Waals surface area contributed by atoms with Crippen molar-refractivity contribution in [3.8, 4) is 0 Å². The van der Waals surface area contributed by atoms with E-state index < -0.39 is 11.5 Å². The molecule has 0 bridgehead atoms. The van der Waals surface area contributed by atoms with E-state index in [9.17, 15) is 14.7 Å². The minimum Gasteiger partial charge on any atom is -0.479 e. The second kappa shape index (κ2) is 7.31. The Kier molecular flexibility index (Phi) is 5.15. The summed E-state index contributed by atoms with van der Waals surface area (Å²) in [5.74, 6) is -0.986. The van der Waals surface area contributed by atoms with E-state index in [1.807, 2.05) is 0 Å². The molecule has 0 aromatic carbocycles. The van der Waals surface area contributed by atoms with E-state index in [0.717, 1.165) is 19.4 Å². The van der Waals surface area contributed by atoms with Crippen molar-refractivity contribution in [2.24, 2.45) is 0 Å². The zero-order chi connectivity index (χ0) is 17.0. The molecule has 2 saturated heterocycles. The van der Waals surface area contributed by atoms with Gasteiger partial charge in [0.1, 0.15) is 12.1 Å². The number of ether oxygens (including phenoxy) is 2. The Balaban J connectivity index is 1.50. The van der Waals surface area contributed by atoms with Gasteiger partial charge in [-0.3, -0.25) is 4.79 Å². The van der Waals surface area contributed by atoms with Crippen molar-refractivity contribution in [3.05, 3.63) is 18.7 Å². The van der Waals surface area contributed by atoms with Crippen LogP contribution in [-0.2, 0) is 24.6 Å². The molecule has 0 aliphatic carbocycles. The van der Waals surface area contributed by atoms with Crippen LogP contribution >= 0.6 is 0 Å². The predicted octanol–water partition coefficient (Wildman–Crippen LogP) is 0.481. The first-order valence-electron chi connectivity index (χ1n) is 8.31. The quantitative estimate of drug-likeness (QED) is 0.811. The maximum atomic E-state index is 12.2. The fourth-order valence-electron chi connectivity index (χ4n) is 3.37. The van der Waals surface area contributed by atoms with Gasteiger partial charge in [-0.05, 0) is 25.7 Å². The third kappa shape index (κ3) is 3.44. The molecule has 2 fully saturated rings. The van der Waals surface area contributed by atoms with E-state index in [1.165, 1.54) is 6.33 Å². The summed E-state index contributed by atoms with van der Waals surface area (Å²) in [5, 5.41) is 9.66. The van der Waals surface area contributed by atoms with E-state index in [0.29, 0.717) is 32.5 Å². The highest BCUT2D eigenvalue weighted by Crippen LogP contribution is 2.30. The van der Waals surface area contributed by atoms with Crippen molar-refractivity contribution >= 4 is 11.9 Å². The summed E-state index contributed by atoms with van der Waals surface area (Å²) in [6.45, 7) is 2.01. The van der Waals surface area contributed by atoms with Crippen LogP contribution in [0.15, 0.2) is 18.7 Å². The number of carbonyl (C=O) groups is 2. The Morgan fingerprint density at radius 2 is 2.17 bits per heavy atom. The van der Waals surface area contributed by atoms with Gasteiger partial charge in [-0.2, -0.15) is 0 Å². The first kappa shape index (κ1) is 16.9. The van der Waals surface area contributed by atoms with Gasteiger partial charge >= 0.3 is 5.97 Å². The number of imidazole rings is 1. The fourth-order valence-corrected chi connectivity index (χ4v) is 3.37. The minimum absolute atomic E-state index is 0.0189. The number of likely N-dealkylation sites (tertiary alicyclic amines) is 1. The van der Waals surface area contributed by atoms with Crippen molar-refractivity contribution in [2.75, 3.05) is 32.9 Å². The summed E-state index contributed by atoms with van der Waals surface area (Å²) in [4.78, 5) is 29.6. The first-order valence-corrected chi connectivity index (χ1v) is 8.31. The smallest absolute Gasteiger partial charge is 0.330 e. The molecule has 0 spiro atoms. The first-order chi connectivity index (χ1) is 11.6. The van der Waals surface area contributed by atoms with Gasteiger partial charge in [-0.15, -0.1) is 0 Å². The van der Waals surface area contributed by atoms with Gasteiger partial charge in [0.2, 0.25) is 5.91 Å². The van der Waals surface area contributed by atoms with Crippen molar-refractivity contribution < 1.29 is 24.2 Å². The summed E-state index contributed by atoms with van der Waals surface area (Å²) in [6, 6.07) is 0. The molecule has 2 aliphatic rings. The van der Waals surface area contributed by atoms with Crippen LogP contribution in [0.5, 0.6) is 0 Å². The van der Waals surface area contributed by atoms with E-state index in [1.54, 1.807) is 21.9 Å². The fraction of sp³-hybridized carbons (Fsp3) is 0.688. The van der Waals surface area contributed by atoms with E-state index in [-0.39, 0.29) is 18.6 Å². The third-order valence-electron chi connectivity index (χ3n) is 4.89. The van der Waals surface area contributed by atoms with Gasteiger partial charge in [0.25, 0.3) is 0 Å². The zero-order valence-corrected chi connectivity index (χ0v) is 13.6. The number of rotatable bonds is 6. The molecule has 8 heteroatoms. The molecule has 3 heterocycles. The molecule has 132 valence electrons. The van der Waals surface area contributed by atoms with Gasteiger partial charge < -0.3 is 24.0 Å². The van der Waals surface area contributed by atoms with Crippen LogP contribution < -0.4 is 0 Å². The van der Waals surface area contributed by atoms with Crippen LogP contribution in [0.3, 0.4) is 0 Å². The Morgan fingerprint density at radius 3 is 2.75 bits per heavy atom. The topological polar surface area (TPSA) is 93.9 Å². The van der Waals surface area contributed by atoms with Crippen molar-refractivity contribution in [3.63, 3.8) is 0 Å². The number of piperidine rings is 1. The Hall–Kier alpha value is -1.93. The summed E-state index contributed by atoms with van der Waals surface area (Å²) < 4.78 is 12.5. The van der Waals surface area contributed by atoms with Gasteiger partial charge in [0.05, 0.1) is 19.0 Å². The van der Waals surface area contributed by atoms with E-state index in [2.05, 4.69) is 4.98 Å². The van der Waals surface area contributed by atoms with Crippen molar-refractivity contribution in [1.29, 1.82) is 0 Å². The lowest BCUT2D eigenvalue weighted by atomic mass is 9.87. The van der Waals surface area contributed by atoms with E-state index in [4.69, 9.17) is 9.47 Å². The summed E-state index contributed by atoms with van der Waals surface area (Å²) in [6.07, 6.45) is 7.59. The molecule has 0 saturated carbocycles. The maximum Gasteiger partial charge on any atom is 0.330 e. The summed E-state index contributed by atoms with van der Waals surface area (Å²) >= 11 is 0. The van der Waals surface area contributed by atoms with Crippen molar-refractivity contribution in [2.45, 2.75) is 37.3 Å². The molecule has 0 radical (unpaired) electrons. The average molecular weight is 337 g/mol. The van der Waals surface area contributed by atoms with E-state index >= 15 is 0 Å². The lowest BCUT2D eigenvalue weighted by Crippen LogP contribution is -2.52. The molecule has 1 amide bonds. The molecular formula is C16H23N3O5. The monoisotopic (exact) mass is 337 g/mol. The van der Waals surface area contributed by atoms with Crippen molar-refractivity contribution in [1.82, 2.24) is 14.5 Å². The minimum atomic E-state index is -1.02. The van der Waals surface area contributed by atoms with Gasteiger partial charge in [-0.25, -0.2) is 9.78 Å². The van der Waals surface area contributed by atoms with Crippen LogP contribution in [0.25, 0.3) is 0 Å². The molecule has 1 atom stereocenters. The second-order valence-corrected chi connectivity index (χ2v) is 6.34. The number of carboxylic acid groups (broad SMARTS) is 1. The highest BCUT2D eigenvalue weighted by Gasteiger charge is 2.43.